The molecule has 1 atom stereocenters. The van der Waals surface area contributed by atoms with Crippen LogP contribution in [-0.4, -0.2) is 6.04 Å². The molecule has 0 heterocycles. The van der Waals surface area contributed by atoms with E-state index < -0.39 is 0 Å². The quantitative estimate of drug-likeness (QED) is 0.626. The highest BCUT2D eigenvalue weighted by atomic mass is 14.6. The van der Waals surface area contributed by atoms with E-state index in [1.54, 1.807) is 0 Å². The predicted octanol–water partition coefficient (Wildman–Crippen LogP) is 2.86. The van der Waals surface area contributed by atoms with Gasteiger partial charge in [0, 0.05) is 6.04 Å². The van der Waals surface area contributed by atoms with Crippen LogP contribution in [0.25, 0.3) is 0 Å². The first-order chi connectivity index (χ1) is 5.83. The second kappa shape index (κ2) is 5.36. The molecule has 2 N–H and O–H groups in total. The minimum absolute atomic E-state index is 0.422. The van der Waals surface area contributed by atoms with Crippen molar-refractivity contribution in [2.24, 2.45) is 11.7 Å². The van der Waals surface area contributed by atoms with Crippen LogP contribution in [0, 0.1) is 5.92 Å². The second-order valence-corrected chi connectivity index (χ2v) is 4.01. The first-order valence-corrected chi connectivity index (χ1v) is 5.19. The van der Waals surface area contributed by atoms with Crippen molar-refractivity contribution in [2.75, 3.05) is 0 Å². The largest absolute Gasteiger partial charge is 0.328 e. The average molecular weight is 167 g/mol. The molecule has 0 aromatic carbocycles. The van der Waals surface area contributed by atoms with Gasteiger partial charge in [-0.3, -0.25) is 0 Å². The monoisotopic (exact) mass is 167 g/mol. The molecule has 12 heavy (non-hydrogen) atoms. The van der Waals surface area contributed by atoms with Crippen LogP contribution in [0.3, 0.4) is 0 Å². The Kier molecular flexibility index (Phi) is 4.37. The number of rotatable bonds is 5. The maximum atomic E-state index is 5.99. The molecule has 1 saturated carbocycles. The van der Waals surface area contributed by atoms with Crippen LogP contribution >= 0.6 is 0 Å². The van der Waals surface area contributed by atoms with Crippen molar-refractivity contribution < 1.29 is 0 Å². The molecule has 1 aliphatic carbocycles. The van der Waals surface area contributed by atoms with E-state index in [9.17, 15) is 0 Å². The molecule has 0 aromatic heterocycles. The average Bonchev–Trinajstić information content (AvgIpc) is 2.53. The van der Waals surface area contributed by atoms with Crippen molar-refractivity contribution in [2.45, 2.75) is 51.0 Å². The minimum Gasteiger partial charge on any atom is -0.328 e. The molecule has 0 radical (unpaired) electrons. The molecular weight excluding hydrogens is 146 g/mol. The Morgan fingerprint density at radius 2 is 2.08 bits per heavy atom. The van der Waals surface area contributed by atoms with E-state index in [-0.39, 0.29) is 0 Å². The molecule has 1 heteroatoms. The molecule has 1 unspecified atom stereocenters. The molecular formula is C11H21N. The minimum atomic E-state index is 0.422. The van der Waals surface area contributed by atoms with E-state index >= 15 is 0 Å². The highest BCUT2D eigenvalue weighted by Crippen LogP contribution is 2.28. The van der Waals surface area contributed by atoms with Crippen LogP contribution in [0.15, 0.2) is 12.7 Å². The van der Waals surface area contributed by atoms with Gasteiger partial charge in [0.2, 0.25) is 0 Å². The third-order valence-corrected chi connectivity index (χ3v) is 2.85. The fraction of sp³-hybridized carbons (Fsp3) is 0.818. The summed E-state index contributed by atoms with van der Waals surface area (Å²) < 4.78 is 0. The predicted molar refractivity (Wildman–Crippen MR) is 54.0 cm³/mol. The maximum absolute atomic E-state index is 5.99. The lowest BCUT2D eigenvalue weighted by Gasteiger charge is -2.14. The number of hydrogen-bond acceptors (Lipinski definition) is 1. The van der Waals surface area contributed by atoms with Gasteiger partial charge in [-0.2, -0.15) is 0 Å². The van der Waals surface area contributed by atoms with Crippen LogP contribution < -0.4 is 5.73 Å². The fourth-order valence-corrected chi connectivity index (χ4v) is 2.12. The van der Waals surface area contributed by atoms with Crippen molar-refractivity contribution in [3.63, 3.8) is 0 Å². The van der Waals surface area contributed by atoms with E-state index in [0.29, 0.717) is 6.04 Å². The summed E-state index contributed by atoms with van der Waals surface area (Å²) in [5, 5.41) is 0. The van der Waals surface area contributed by atoms with Gasteiger partial charge in [0.15, 0.2) is 0 Å². The molecule has 1 fully saturated rings. The van der Waals surface area contributed by atoms with Crippen LogP contribution in [0.4, 0.5) is 0 Å². The molecule has 1 aliphatic rings. The Balaban J connectivity index is 2.07. The van der Waals surface area contributed by atoms with Gasteiger partial charge in [-0.25, -0.2) is 0 Å². The Morgan fingerprint density at radius 1 is 1.42 bits per heavy atom. The third-order valence-electron chi connectivity index (χ3n) is 2.85. The van der Waals surface area contributed by atoms with Crippen molar-refractivity contribution in [1.29, 1.82) is 0 Å². The number of hydrogen-bond donors (Lipinski definition) is 1. The summed E-state index contributed by atoms with van der Waals surface area (Å²) in [6.45, 7) is 3.71. The van der Waals surface area contributed by atoms with E-state index in [1.807, 2.05) is 6.08 Å². The van der Waals surface area contributed by atoms with Crippen molar-refractivity contribution in [3.8, 4) is 0 Å². The zero-order valence-corrected chi connectivity index (χ0v) is 7.97. The lowest BCUT2D eigenvalue weighted by atomic mass is 9.96. The van der Waals surface area contributed by atoms with E-state index in [1.165, 1.54) is 32.1 Å². The van der Waals surface area contributed by atoms with E-state index in [4.69, 9.17) is 5.73 Å². The lowest BCUT2D eigenvalue weighted by molar-refractivity contribution is 0.429. The highest BCUT2D eigenvalue weighted by molar-refractivity contribution is 4.76. The summed E-state index contributed by atoms with van der Waals surface area (Å²) in [4.78, 5) is 0. The molecule has 1 nitrogen and oxygen atoms in total. The number of nitrogens with two attached hydrogens (primary N) is 1. The van der Waals surface area contributed by atoms with Crippen molar-refractivity contribution in [3.05, 3.63) is 12.7 Å². The standard InChI is InChI=1S/C11H21N/c1-2-3-8-11(12)9-10-6-4-5-7-10/h2,10-11H,1,3-9,12H2. The van der Waals surface area contributed by atoms with Gasteiger partial charge in [0.1, 0.15) is 0 Å². The summed E-state index contributed by atoms with van der Waals surface area (Å²) >= 11 is 0. The van der Waals surface area contributed by atoms with Crippen LogP contribution in [0.5, 0.6) is 0 Å². The topological polar surface area (TPSA) is 26.0 Å². The molecule has 0 spiro atoms. The molecule has 70 valence electrons. The zero-order chi connectivity index (χ0) is 8.81. The Hall–Kier alpha value is -0.300. The van der Waals surface area contributed by atoms with Gasteiger partial charge in [0.25, 0.3) is 0 Å². The summed E-state index contributed by atoms with van der Waals surface area (Å²) in [6.07, 6.45) is 11.1. The van der Waals surface area contributed by atoms with Crippen molar-refractivity contribution >= 4 is 0 Å². The smallest absolute Gasteiger partial charge is 0.00444 e. The molecule has 0 aromatic rings. The molecule has 1 rings (SSSR count). The SMILES string of the molecule is C=CCCC(N)CC1CCCC1. The summed E-state index contributed by atoms with van der Waals surface area (Å²) in [5.41, 5.74) is 5.99. The maximum Gasteiger partial charge on any atom is 0.00444 e. The Bertz CT molecular complexity index is 125. The molecule has 0 amide bonds. The molecule has 0 bridgehead atoms. The Labute approximate surface area is 76.0 Å². The molecule has 0 saturated heterocycles. The normalized spacial score (nSPS) is 21.1. The van der Waals surface area contributed by atoms with Crippen LogP contribution in [-0.2, 0) is 0 Å². The first kappa shape index (κ1) is 9.79. The van der Waals surface area contributed by atoms with Gasteiger partial charge in [-0.1, -0.05) is 31.8 Å². The number of allylic oxidation sites excluding steroid dienone is 1. The van der Waals surface area contributed by atoms with Crippen LogP contribution in [0.2, 0.25) is 0 Å². The third kappa shape index (κ3) is 3.40. The summed E-state index contributed by atoms with van der Waals surface area (Å²) in [5.74, 6) is 0.935. The zero-order valence-electron chi connectivity index (χ0n) is 7.97. The molecule has 0 aliphatic heterocycles. The van der Waals surface area contributed by atoms with Gasteiger partial charge >= 0.3 is 0 Å². The van der Waals surface area contributed by atoms with Gasteiger partial charge in [-0.15, -0.1) is 6.58 Å². The van der Waals surface area contributed by atoms with E-state index in [2.05, 4.69) is 6.58 Å². The summed E-state index contributed by atoms with van der Waals surface area (Å²) in [7, 11) is 0. The van der Waals surface area contributed by atoms with Gasteiger partial charge < -0.3 is 5.73 Å². The fourth-order valence-electron chi connectivity index (χ4n) is 2.12. The second-order valence-electron chi connectivity index (χ2n) is 4.01. The van der Waals surface area contributed by atoms with E-state index in [0.717, 1.165) is 18.8 Å². The van der Waals surface area contributed by atoms with Crippen molar-refractivity contribution in [1.82, 2.24) is 0 Å². The first-order valence-electron chi connectivity index (χ1n) is 5.19. The van der Waals surface area contributed by atoms with Gasteiger partial charge in [-0.05, 0) is 25.2 Å². The lowest BCUT2D eigenvalue weighted by Crippen LogP contribution is -2.22. The van der Waals surface area contributed by atoms with Gasteiger partial charge in [0.05, 0.1) is 0 Å². The Morgan fingerprint density at radius 3 is 2.67 bits per heavy atom. The van der Waals surface area contributed by atoms with Crippen LogP contribution in [0.1, 0.15) is 44.9 Å². The highest BCUT2D eigenvalue weighted by Gasteiger charge is 2.17. The summed E-state index contributed by atoms with van der Waals surface area (Å²) in [6, 6.07) is 0.422.